The van der Waals surface area contributed by atoms with Gasteiger partial charge < -0.3 is 14.2 Å². The van der Waals surface area contributed by atoms with E-state index in [9.17, 15) is 8.42 Å². The van der Waals surface area contributed by atoms with Gasteiger partial charge in [-0.15, -0.1) is 11.3 Å². The van der Waals surface area contributed by atoms with Crippen molar-refractivity contribution in [3.05, 3.63) is 45.7 Å². The first-order valence-corrected chi connectivity index (χ1v) is 11.1. The van der Waals surface area contributed by atoms with Gasteiger partial charge in [0.2, 0.25) is 0 Å². The van der Waals surface area contributed by atoms with Crippen LogP contribution in [-0.2, 0) is 10.0 Å². The van der Waals surface area contributed by atoms with Crippen LogP contribution < -0.4 is 18.9 Å². The molecule has 1 heterocycles. The zero-order valence-corrected chi connectivity index (χ0v) is 18.5. The Morgan fingerprint density at radius 3 is 2.28 bits per heavy atom. The van der Waals surface area contributed by atoms with E-state index in [4.69, 9.17) is 25.8 Å². The van der Waals surface area contributed by atoms with Crippen molar-refractivity contribution in [1.29, 1.82) is 0 Å². The van der Waals surface area contributed by atoms with Crippen LogP contribution in [0.4, 0.5) is 5.69 Å². The van der Waals surface area contributed by atoms with Gasteiger partial charge in [0.25, 0.3) is 10.0 Å². The molecule has 0 saturated carbocycles. The van der Waals surface area contributed by atoms with Gasteiger partial charge in [-0.2, -0.15) is 0 Å². The van der Waals surface area contributed by atoms with Crippen molar-refractivity contribution in [2.45, 2.75) is 11.8 Å². The lowest BCUT2D eigenvalue weighted by molar-refractivity contribution is 0.395. The molecular formula is C19H19ClN2O5S2. The van der Waals surface area contributed by atoms with Crippen molar-refractivity contribution in [2.75, 3.05) is 26.1 Å². The van der Waals surface area contributed by atoms with Crippen LogP contribution in [0.1, 0.15) is 5.01 Å². The highest BCUT2D eigenvalue weighted by Crippen LogP contribution is 2.38. The number of ether oxygens (including phenoxy) is 3. The Labute approximate surface area is 178 Å². The van der Waals surface area contributed by atoms with E-state index in [1.54, 1.807) is 12.1 Å². The number of rotatable bonds is 7. The number of aryl methyl sites for hydroxylation is 1. The monoisotopic (exact) mass is 454 g/mol. The summed E-state index contributed by atoms with van der Waals surface area (Å²) >= 11 is 7.64. The highest BCUT2D eigenvalue weighted by molar-refractivity contribution is 7.92. The van der Waals surface area contributed by atoms with Crippen LogP contribution in [0.3, 0.4) is 0 Å². The summed E-state index contributed by atoms with van der Waals surface area (Å²) in [5.41, 5.74) is 1.53. The summed E-state index contributed by atoms with van der Waals surface area (Å²) in [5, 5.41) is 2.99. The average molecular weight is 455 g/mol. The molecule has 3 rings (SSSR count). The summed E-state index contributed by atoms with van der Waals surface area (Å²) in [6.07, 6.45) is 0. The summed E-state index contributed by atoms with van der Waals surface area (Å²) < 4.78 is 44.5. The van der Waals surface area contributed by atoms with Gasteiger partial charge in [-0.25, -0.2) is 13.4 Å². The maximum absolute atomic E-state index is 13.2. The molecule has 29 heavy (non-hydrogen) atoms. The molecule has 0 aliphatic rings. The summed E-state index contributed by atoms with van der Waals surface area (Å²) in [6, 6.07) is 7.81. The minimum atomic E-state index is -4.03. The van der Waals surface area contributed by atoms with E-state index in [1.807, 2.05) is 12.3 Å². The molecule has 0 aliphatic carbocycles. The minimum absolute atomic E-state index is 0.0304. The first-order chi connectivity index (χ1) is 13.8. The average Bonchev–Trinajstić information content (AvgIpc) is 3.13. The van der Waals surface area contributed by atoms with Gasteiger partial charge in [0.15, 0.2) is 0 Å². The zero-order chi connectivity index (χ0) is 21.2. The lowest BCUT2D eigenvalue weighted by Gasteiger charge is -2.16. The number of hydrogen-bond donors (Lipinski definition) is 1. The Kier molecular flexibility index (Phi) is 6.21. The fourth-order valence-electron chi connectivity index (χ4n) is 2.68. The van der Waals surface area contributed by atoms with Gasteiger partial charge in [0.1, 0.15) is 22.1 Å². The fourth-order valence-corrected chi connectivity index (χ4v) is 4.80. The third-order valence-corrected chi connectivity index (χ3v) is 6.54. The number of benzene rings is 2. The Balaban J connectivity index is 2.06. The van der Waals surface area contributed by atoms with E-state index in [0.29, 0.717) is 17.0 Å². The molecule has 0 fully saturated rings. The third-order valence-electron chi connectivity index (χ3n) is 4.09. The van der Waals surface area contributed by atoms with Crippen LogP contribution in [0.5, 0.6) is 17.2 Å². The molecule has 0 amide bonds. The topological polar surface area (TPSA) is 86.8 Å². The number of anilines is 1. The molecule has 3 aromatic rings. The van der Waals surface area contributed by atoms with Crippen LogP contribution in [-0.4, -0.2) is 34.7 Å². The molecule has 0 atom stereocenters. The summed E-state index contributed by atoms with van der Waals surface area (Å²) in [5.74, 6) is 0.830. The van der Waals surface area contributed by atoms with Crippen LogP contribution in [0.15, 0.2) is 40.6 Å². The van der Waals surface area contributed by atoms with Crippen molar-refractivity contribution in [3.8, 4) is 28.5 Å². The molecule has 1 aromatic heterocycles. The van der Waals surface area contributed by atoms with Gasteiger partial charge in [-0.1, -0.05) is 11.6 Å². The second-order valence-electron chi connectivity index (χ2n) is 5.91. The van der Waals surface area contributed by atoms with Crippen molar-refractivity contribution in [3.63, 3.8) is 0 Å². The van der Waals surface area contributed by atoms with Crippen molar-refractivity contribution >= 4 is 38.6 Å². The molecule has 0 aliphatic heterocycles. The maximum atomic E-state index is 13.2. The molecular weight excluding hydrogens is 436 g/mol. The number of hydrogen-bond acceptors (Lipinski definition) is 7. The molecule has 0 bridgehead atoms. The number of thiazole rings is 1. The molecule has 0 spiro atoms. The van der Waals surface area contributed by atoms with Crippen molar-refractivity contribution < 1.29 is 22.6 Å². The third kappa shape index (κ3) is 4.42. The Hall–Kier alpha value is -2.49. The lowest BCUT2D eigenvalue weighted by atomic mass is 10.2. The highest BCUT2D eigenvalue weighted by Gasteiger charge is 2.23. The van der Waals surface area contributed by atoms with Crippen LogP contribution >= 0.6 is 22.9 Å². The Morgan fingerprint density at radius 2 is 1.69 bits per heavy atom. The summed E-state index contributed by atoms with van der Waals surface area (Å²) in [7, 11) is 0.263. The summed E-state index contributed by atoms with van der Waals surface area (Å²) in [4.78, 5) is 4.38. The van der Waals surface area contributed by atoms with Crippen LogP contribution in [0.25, 0.3) is 11.3 Å². The fraction of sp³-hybridized carbons (Fsp3) is 0.211. The van der Waals surface area contributed by atoms with Crippen LogP contribution in [0, 0.1) is 6.92 Å². The number of aromatic nitrogens is 1. The van der Waals surface area contributed by atoms with Crippen molar-refractivity contribution in [1.82, 2.24) is 4.98 Å². The first-order valence-electron chi connectivity index (χ1n) is 8.34. The summed E-state index contributed by atoms with van der Waals surface area (Å²) in [6.45, 7) is 1.89. The highest BCUT2D eigenvalue weighted by atomic mass is 35.5. The SMILES string of the molecule is COc1cc(OC)c(NS(=O)(=O)c2cc(-c3csc(C)n3)ccc2OC)cc1Cl. The predicted molar refractivity (Wildman–Crippen MR) is 114 cm³/mol. The number of halogens is 1. The smallest absolute Gasteiger partial charge is 0.265 e. The van der Waals surface area contributed by atoms with E-state index < -0.39 is 10.0 Å². The number of nitrogens with one attached hydrogen (secondary N) is 1. The molecule has 0 saturated heterocycles. The van der Waals surface area contributed by atoms with E-state index in [1.165, 1.54) is 50.9 Å². The van der Waals surface area contributed by atoms with Gasteiger partial charge in [0.05, 0.1) is 42.7 Å². The molecule has 1 N–H and O–H groups in total. The van der Waals surface area contributed by atoms with E-state index in [0.717, 1.165) is 5.01 Å². The van der Waals surface area contributed by atoms with Crippen molar-refractivity contribution in [2.24, 2.45) is 0 Å². The second kappa shape index (κ2) is 8.48. The maximum Gasteiger partial charge on any atom is 0.265 e. The molecule has 7 nitrogen and oxygen atoms in total. The van der Waals surface area contributed by atoms with Gasteiger partial charge in [0, 0.05) is 17.0 Å². The molecule has 2 aromatic carbocycles. The second-order valence-corrected chi connectivity index (χ2v) is 9.03. The van der Waals surface area contributed by atoms with Crippen LogP contribution in [0.2, 0.25) is 5.02 Å². The van der Waals surface area contributed by atoms with Gasteiger partial charge in [-0.05, 0) is 31.2 Å². The number of nitrogens with zero attached hydrogens (tertiary/aromatic N) is 1. The standard InChI is InChI=1S/C19H19ClN2O5S2/c1-11-21-15(10-28-11)12-5-6-16(25-2)19(7-12)29(23,24)22-14-8-13(20)17(26-3)9-18(14)27-4/h5-10,22H,1-4H3. The molecule has 0 unspecified atom stereocenters. The van der Waals surface area contributed by atoms with E-state index in [-0.39, 0.29) is 27.1 Å². The van der Waals surface area contributed by atoms with E-state index in [2.05, 4.69) is 9.71 Å². The molecule has 154 valence electrons. The largest absolute Gasteiger partial charge is 0.495 e. The van der Waals surface area contributed by atoms with E-state index >= 15 is 0 Å². The van der Waals surface area contributed by atoms with Gasteiger partial charge >= 0.3 is 0 Å². The minimum Gasteiger partial charge on any atom is -0.495 e. The number of methoxy groups -OCH3 is 3. The normalized spacial score (nSPS) is 11.2. The first kappa shape index (κ1) is 21.2. The molecule has 10 heteroatoms. The zero-order valence-electron chi connectivity index (χ0n) is 16.1. The Bertz CT molecular complexity index is 1150. The molecule has 0 radical (unpaired) electrons. The van der Waals surface area contributed by atoms with Gasteiger partial charge in [-0.3, -0.25) is 4.72 Å². The Morgan fingerprint density at radius 1 is 1.00 bits per heavy atom. The number of sulfonamides is 1. The predicted octanol–water partition coefficient (Wildman–Crippen LogP) is 4.60. The quantitative estimate of drug-likeness (QED) is 0.561. The lowest BCUT2D eigenvalue weighted by Crippen LogP contribution is -2.15.